The van der Waals surface area contributed by atoms with E-state index in [9.17, 15) is 9.59 Å². The number of nitrogens with one attached hydrogen (secondary N) is 1. The van der Waals surface area contributed by atoms with Crippen LogP contribution in [0.2, 0.25) is 0 Å². The lowest BCUT2D eigenvalue weighted by atomic mass is 10.1. The highest BCUT2D eigenvalue weighted by Gasteiger charge is 2.48. The zero-order valence-electron chi connectivity index (χ0n) is 19.9. The number of hydrogen-bond acceptors (Lipinski definition) is 10. The van der Waals surface area contributed by atoms with E-state index in [0.717, 1.165) is 0 Å². The number of carbonyl (C=O) groups excluding carboxylic acids is 1. The summed E-state index contributed by atoms with van der Waals surface area (Å²) >= 11 is 0. The van der Waals surface area contributed by atoms with Crippen LogP contribution in [0.25, 0.3) is 4.85 Å². The standard InChI is InChI=1S/C21H30N5O8P/c1-5-16-18(34-35(4)32-12-9-23-3)19(31-14-30-13-29-11-6-8-22)20(33-16)26-10-7-17(24-15(2)27)25-21(26)28/h7,10,16,18-20H,5-6,9,11-14H2,1-2,4H3,(H,24,25,27,28)/t16-,18?,19+,20-,35?/m1/s1. The average molecular weight is 511 g/mol. The molecule has 1 fully saturated rings. The lowest BCUT2D eigenvalue weighted by Gasteiger charge is -2.26. The number of anilines is 1. The first-order valence-electron chi connectivity index (χ1n) is 10.9. The van der Waals surface area contributed by atoms with Gasteiger partial charge in [0.25, 0.3) is 0 Å². The number of ether oxygens (including phenoxy) is 4. The second-order valence-electron chi connectivity index (χ2n) is 7.27. The number of rotatable bonds is 15. The van der Waals surface area contributed by atoms with Gasteiger partial charge in [-0.05, 0) is 12.5 Å². The summed E-state index contributed by atoms with van der Waals surface area (Å²) in [7, 11) is -1.35. The molecule has 1 N–H and O–H groups in total. The van der Waals surface area contributed by atoms with Gasteiger partial charge in [-0.15, -0.1) is 0 Å². The van der Waals surface area contributed by atoms with E-state index in [1.807, 2.05) is 13.0 Å². The van der Waals surface area contributed by atoms with E-state index in [-0.39, 0.29) is 51.5 Å². The van der Waals surface area contributed by atoms with E-state index in [1.54, 1.807) is 6.66 Å². The van der Waals surface area contributed by atoms with Crippen molar-refractivity contribution in [3.8, 4) is 6.07 Å². The Morgan fingerprint density at radius 3 is 2.83 bits per heavy atom. The number of amides is 1. The van der Waals surface area contributed by atoms with Crippen molar-refractivity contribution >= 4 is 20.1 Å². The maximum absolute atomic E-state index is 12.7. The first-order chi connectivity index (χ1) is 16.9. The molecule has 14 heteroatoms. The molecule has 1 amide bonds. The maximum atomic E-state index is 12.7. The van der Waals surface area contributed by atoms with Crippen LogP contribution in [0.5, 0.6) is 0 Å². The quantitative estimate of drug-likeness (QED) is 0.160. The predicted molar refractivity (Wildman–Crippen MR) is 124 cm³/mol. The Labute approximate surface area is 205 Å². The van der Waals surface area contributed by atoms with Crippen molar-refractivity contribution in [2.75, 3.05) is 45.3 Å². The maximum Gasteiger partial charge on any atom is 0.351 e. The highest BCUT2D eigenvalue weighted by Crippen LogP contribution is 2.43. The normalized spacial score (nSPS) is 22.3. The first kappa shape index (κ1) is 28.8. The molecule has 0 radical (unpaired) electrons. The van der Waals surface area contributed by atoms with Gasteiger partial charge in [0.05, 0.1) is 25.2 Å². The van der Waals surface area contributed by atoms with Crippen LogP contribution in [0.1, 0.15) is 32.9 Å². The van der Waals surface area contributed by atoms with Crippen LogP contribution in [0, 0.1) is 17.9 Å². The van der Waals surface area contributed by atoms with Crippen LogP contribution < -0.4 is 11.0 Å². The summed E-state index contributed by atoms with van der Waals surface area (Å²) in [5.41, 5.74) is -0.641. The number of carbonyl (C=O) groups is 1. The second-order valence-corrected chi connectivity index (χ2v) is 8.62. The van der Waals surface area contributed by atoms with Gasteiger partial charge in [-0.2, -0.15) is 10.2 Å². The molecule has 1 aliphatic heterocycles. The van der Waals surface area contributed by atoms with Crippen molar-refractivity contribution in [3.05, 3.63) is 34.2 Å². The van der Waals surface area contributed by atoms with Crippen LogP contribution in [0.15, 0.2) is 17.1 Å². The van der Waals surface area contributed by atoms with E-state index >= 15 is 0 Å². The van der Waals surface area contributed by atoms with Crippen molar-refractivity contribution in [3.63, 3.8) is 0 Å². The van der Waals surface area contributed by atoms with E-state index in [1.165, 1.54) is 23.8 Å². The van der Waals surface area contributed by atoms with Crippen molar-refractivity contribution in [1.29, 1.82) is 5.26 Å². The van der Waals surface area contributed by atoms with Gasteiger partial charge in [0.2, 0.25) is 12.5 Å². The van der Waals surface area contributed by atoms with Crippen LogP contribution >= 0.6 is 8.38 Å². The molecule has 1 aromatic rings. The number of nitrogens with zero attached hydrogens (tertiary/aromatic N) is 4. The van der Waals surface area contributed by atoms with Crippen molar-refractivity contribution in [2.45, 2.75) is 51.2 Å². The SMILES string of the molecule is [C-]#[N+]CCOP(C)OC1[C@@H](CC)O[C@@H](n2ccc(NC(C)=O)nc2=O)[C@H]1OCOCOCCC#N. The average Bonchev–Trinajstić information content (AvgIpc) is 3.15. The third kappa shape index (κ3) is 9.24. The summed E-state index contributed by atoms with van der Waals surface area (Å²) < 4.78 is 35.6. The summed E-state index contributed by atoms with van der Waals surface area (Å²) in [6.45, 7) is 12.3. The molecule has 0 saturated carbocycles. The van der Waals surface area contributed by atoms with Gasteiger partial charge >= 0.3 is 5.69 Å². The minimum Gasteiger partial charge on any atom is -0.354 e. The second kappa shape index (κ2) is 15.5. The molecule has 2 unspecified atom stereocenters. The molecular formula is C21H30N5O8P. The molecule has 1 aromatic heterocycles. The summed E-state index contributed by atoms with van der Waals surface area (Å²) in [4.78, 5) is 31.2. The lowest BCUT2D eigenvalue weighted by Crippen LogP contribution is -2.39. The van der Waals surface area contributed by atoms with Crippen LogP contribution in [0.4, 0.5) is 5.82 Å². The monoisotopic (exact) mass is 511 g/mol. The molecule has 2 rings (SSSR count). The Balaban J connectivity index is 2.18. The lowest BCUT2D eigenvalue weighted by molar-refractivity contribution is -0.173. The van der Waals surface area contributed by atoms with E-state index in [0.29, 0.717) is 6.42 Å². The molecule has 192 valence electrons. The Kier molecular flexibility index (Phi) is 12.7. The fourth-order valence-corrected chi connectivity index (χ4v) is 4.23. The summed E-state index contributed by atoms with van der Waals surface area (Å²) in [6, 6.07) is 3.45. The molecule has 1 aliphatic rings. The number of nitriles is 1. The Morgan fingerprint density at radius 1 is 1.37 bits per heavy atom. The van der Waals surface area contributed by atoms with Gasteiger partial charge < -0.3 is 38.2 Å². The molecule has 0 spiro atoms. The predicted octanol–water partition coefficient (Wildman–Crippen LogP) is 2.02. The Bertz CT molecular complexity index is 949. The third-order valence-electron chi connectivity index (χ3n) is 4.71. The van der Waals surface area contributed by atoms with Crippen molar-refractivity contribution in [2.24, 2.45) is 0 Å². The third-order valence-corrected chi connectivity index (χ3v) is 5.80. The van der Waals surface area contributed by atoms with Crippen LogP contribution in [-0.4, -0.2) is 73.8 Å². The molecule has 0 aromatic carbocycles. The minimum absolute atomic E-state index is 0.0736. The van der Waals surface area contributed by atoms with Crippen LogP contribution in [0.3, 0.4) is 0 Å². The van der Waals surface area contributed by atoms with Gasteiger partial charge in [0.15, 0.2) is 14.6 Å². The zero-order valence-corrected chi connectivity index (χ0v) is 20.8. The molecule has 5 atom stereocenters. The molecule has 35 heavy (non-hydrogen) atoms. The van der Waals surface area contributed by atoms with E-state index in [4.69, 9.17) is 39.8 Å². The fraction of sp³-hybridized carbons (Fsp3) is 0.667. The Hall–Kier alpha value is -2.48. The van der Waals surface area contributed by atoms with E-state index in [2.05, 4.69) is 15.1 Å². The largest absolute Gasteiger partial charge is 0.354 e. The van der Waals surface area contributed by atoms with Gasteiger partial charge in [0, 0.05) is 19.8 Å². The summed E-state index contributed by atoms with van der Waals surface area (Å²) in [6.07, 6.45) is -0.396. The zero-order chi connectivity index (χ0) is 25.6. The highest BCUT2D eigenvalue weighted by molar-refractivity contribution is 7.46. The van der Waals surface area contributed by atoms with Gasteiger partial charge in [-0.1, -0.05) is 6.92 Å². The van der Waals surface area contributed by atoms with Crippen molar-refractivity contribution < 1.29 is 32.8 Å². The molecule has 0 bridgehead atoms. The minimum atomic E-state index is -1.35. The fourth-order valence-electron chi connectivity index (χ4n) is 3.23. The molecule has 1 saturated heterocycles. The van der Waals surface area contributed by atoms with Gasteiger partial charge in [-0.3, -0.25) is 9.36 Å². The van der Waals surface area contributed by atoms with Crippen molar-refractivity contribution in [1.82, 2.24) is 9.55 Å². The first-order valence-corrected chi connectivity index (χ1v) is 12.6. The summed E-state index contributed by atoms with van der Waals surface area (Å²) in [5, 5.41) is 11.0. The van der Waals surface area contributed by atoms with Crippen LogP contribution in [-0.2, 0) is 32.8 Å². The molecular weight excluding hydrogens is 481 g/mol. The summed E-state index contributed by atoms with van der Waals surface area (Å²) in [5.74, 6) is -0.228. The smallest absolute Gasteiger partial charge is 0.351 e. The molecule has 13 nitrogen and oxygen atoms in total. The number of hydrogen-bond donors (Lipinski definition) is 1. The van der Waals surface area contributed by atoms with Gasteiger partial charge in [-0.25, -0.2) is 11.4 Å². The topological polar surface area (TPSA) is 148 Å². The highest BCUT2D eigenvalue weighted by atomic mass is 31.2. The van der Waals surface area contributed by atoms with E-state index < -0.39 is 38.6 Å². The molecule has 2 heterocycles. The number of aromatic nitrogens is 2. The van der Waals surface area contributed by atoms with Gasteiger partial charge in [0.1, 0.15) is 38.2 Å². The Morgan fingerprint density at radius 2 is 2.17 bits per heavy atom. The molecule has 0 aliphatic carbocycles.